The third-order valence-electron chi connectivity index (χ3n) is 2.16. The zero-order valence-corrected chi connectivity index (χ0v) is 10.3. The molecule has 0 saturated heterocycles. The van der Waals surface area contributed by atoms with Crippen LogP contribution in [0.3, 0.4) is 0 Å². The van der Waals surface area contributed by atoms with Crippen LogP contribution in [0.1, 0.15) is 0 Å². The smallest absolute Gasteiger partial charge is 0.180 e. The van der Waals surface area contributed by atoms with E-state index < -0.39 is 0 Å². The van der Waals surface area contributed by atoms with Crippen molar-refractivity contribution in [3.8, 4) is 21.3 Å². The zero-order chi connectivity index (χ0) is 11.7. The first kappa shape index (κ1) is 10.4. The lowest BCUT2D eigenvalue weighted by Crippen LogP contribution is -1.80. The summed E-state index contributed by atoms with van der Waals surface area (Å²) < 4.78 is 0. The molecule has 0 atom stereocenters. The highest BCUT2D eigenvalue weighted by atomic mass is 32.1. The number of hydrogen-bond acceptors (Lipinski definition) is 6. The number of thiazole rings is 2. The minimum Gasteiger partial charge on any atom is -0.375 e. The minimum atomic E-state index is 0.577. The quantitative estimate of drug-likeness (QED) is 0.769. The summed E-state index contributed by atoms with van der Waals surface area (Å²) in [7, 11) is 0. The van der Waals surface area contributed by atoms with Crippen LogP contribution < -0.4 is 5.73 Å². The molecular formula is C11H8N4S2. The molecule has 0 saturated carbocycles. The standard InChI is InChI=1S/C11H8N4S2/c12-11-15-8(6-16-11)9-5-14-10(17-9)7-3-1-2-4-13-7/h1-6H,(H2,12,15). The first-order chi connectivity index (χ1) is 8.33. The van der Waals surface area contributed by atoms with Gasteiger partial charge in [0.1, 0.15) is 5.01 Å². The number of rotatable bonds is 2. The highest BCUT2D eigenvalue weighted by molar-refractivity contribution is 7.19. The van der Waals surface area contributed by atoms with Gasteiger partial charge >= 0.3 is 0 Å². The summed E-state index contributed by atoms with van der Waals surface area (Å²) in [6, 6.07) is 5.78. The average molecular weight is 260 g/mol. The maximum absolute atomic E-state index is 5.61. The van der Waals surface area contributed by atoms with E-state index in [1.807, 2.05) is 29.8 Å². The Labute approximate surface area is 106 Å². The molecule has 2 N–H and O–H groups in total. The molecule has 84 valence electrons. The van der Waals surface area contributed by atoms with Gasteiger partial charge in [0.25, 0.3) is 0 Å². The summed E-state index contributed by atoms with van der Waals surface area (Å²) in [5.41, 5.74) is 7.38. The summed E-state index contributed by atoms with van der Waals surface area (Å²) in [5.74, 6) is 0. The summed E-state index contributed by atoms with van der Waals surface area (Å²) in [6.07, 6.45) is 3.57. The maximum atomic E-state index is 5.61. The van der Waals surface area contributed by atoms with Gasteiger partial charge in [0.15, 0.2) is 5.13 Å². The second kappa shape index (κ2) is 4.23. The van der Waals surface area contributed by atoms with Crippen LogP contribution in [-0.2, 0) is 0 Å². The molecule has 0 unspecified atom stereocenters. The number of pyridine rings is 1. The van der Waals surface area contributed by atoms with Gasteiger partial charge in [-0.1, -0.05) is 6.07 Å². The lowest BCUT2D eigenvalue weighted by atomic mass is 10.4. The predicted octanol–water partition coefficient (Wildman–Crippen LogP) is 2.91. The lowest BCUT2D eigenvalue weighted by Gasteiger charge is -1.91. The Balaban J connectivity index is 1.99. The van der Waals surface area contributed by atoms with Crippen LogP contribution >= 0.6 is 22.7 Å². The lowest BCUT2D eigenvalue weighted by molar-refractivity contribution is 1.29. The molecule has 0 bridgehead atoms. The van der Waals surface area contributed by atoms with Gasteiger partial charge < -0.3 is 5.73 Å². The van der Waals surface area contributed by atoms with Crippen LogP contribution in [-0.4, -0.2) is 15.0 Å². The van der Waals surface area contributed by atoms with Gasteiger partial charge in [-0.2, -0.15) is 0 Å². The molecule has 0 aromatic carbocycles. The van der Waals surface area contributed by atoms with E-state index in [1.54, 1.807) is 17.5 Å². The van der Waals surface area contributed by atoms with Crippen LogP contribution in [0.5, 0.6) is 0 Å². The van der Waals surface area contributed by atoms with E-state index in [2.05, 4.69) is 15.0 Å². The largest absolute Gasteiger partial charge is 0.375 e. The molecule has 0 aliphatic carbocycles. The Morgan fingerprint density at radius 1 is 1.12 bits per heavy atom. The normalized spacial score (nSPS) is 10.6. The van der Waals surface area contributed by atoms with Crippen molar-refractivity contribution in [2.24, 2.45) is 0 Å². The van der Waals surface area contributed by atoms with E-state index in [-0.39, 0.29) is 0 Å². The third-order valence-corrected chi connectivity index (χ3v) is 3.88. The monoisotopic (exact) mass is 260 g/mol. The number of nitrogens with zero attached hydrogens (tertiary/aromatic N) is 3. The molecule has 3 aromatic heterocycles. The van der Waals surface area contributed by atoms with E-state index in [1.165, 1.54) is 11.3 Å². The van der Waals surface area contributed by atoms with Gasteiger partial charge in [-0.3, -0.25) is 4.98 Å². The number of hydrogen-bond donors (Lipinski definition) is 1. The van der Waals surface area contributed by atoms with Crippen LogP contribution in [0.4, 0.5) is 5.13 Å². The van der Waals surface area contributed by atoms with Crippen molar-refractivity contribution in [3.63, 3.8) is 0 Å². The topological polar surface area (TPSA) is 64.7 Å². The molecule has 0 amide bonds. The molecule has 3 rings (SSSR count). The molecule has 0 spiro atoms. The van der Waals surface area contributed by atoms with Gasteiger partial charge in [-0.05, 0) is 12.1 Å². The van der Waals surface area contributed by atoms with Gasteiger partial charge in [-0.25, -0.2) is 9.97 Å². The second-order valence-corrected chi connectivity index (χ2v) is 5.24. The first-order valence-corrected chi connectivity index (χ1v) is 6.61. The fraction of sp³-hybridized carbons (Fsp3) is 0. The number of nitrogen functional groups attached to an aromatic ring is 1. The van der Waals surface area contributed by atoms with Crippen molar-refractivity contribution in [1.29, 1.82) is 0 Å². The van der Waals surface area contributed by atoms with Crippen molar-refractivity contribution in [2.45, 2.75) is 0 Å². The van der Waals surface area contributed by atoms with Gasteiger partial charge in [-0.15, -0.1) is 22.7 Å². The van der Waals surface area contributed by atoms with Crippen molar-refractivity contribution in [1.82, 2.24) is 15.0 Å². The Hall–Kier alpha value is -1.79. The van der Waals surface area contributed by atoms with Crippen molar-refractivity contribution < 1.29 is 0 Å². The Kier molecular flexibility index (Phi) is 2.58. The summed E-state index contributed by atoms with van der Waals surface area (Å²) in [5, 5.41) is 3.41. The molecule has 4 nitrogen and oxygen atoms in total. The highest BCUT2D eigenvalue weighted by Crippen LogP contribution is 2.31. The van der Waals surface area contributed by atoms with E-state index in [4.69, 9.17) is 5.73 Å². The molecule has 3 heterocycles. The number of aromatic nitrogens is 3. The number of anilines is 1. The molecule has 0 fully saturated rings. The van der Waals surface area contributed by atoms with E-state index in [0.717, 1.165) is 21.3 Å². The van der Waals surface area contributed by atoms with E-state index >= 15 is 0 Å². The second-order valence-electron chi connectivity index (χ2n) is 3.32. The molecule has 3 aromatic rings. The van der Waals surface area contributed by atoms with Crippen molar-refractivity contribution in [3.05, 3.63) is 36.0 Å². The van der Waals surface area contributed by atoms with Crippen LogP contribution in [0.15, 0.2) is 36.0 Å². The molecule has 0 aliphatic rings. The summed E-state index contributed by atoms with van der Waals surface area (Å²) in [6.45, 7) is 0. The third kappa shape index (κ3) is 2.04. The van der Waals surface area contributed by atoms with Crippen molar-refractivity contribution >= 4 is 27.8 Å². The first-order valence-electron chi connectivity index (χ1n) is 4.91. The van der Waals surface area contributed by atoms with Gasteiger partial charge in [0.05, 0.1) is 16.3 Å². The Morgan fingerprint density at radius 2 is 2.06 bits per heavy atom. The fourth-order valence-corrected chi connectivity index (χ4v) is 2.89. The molecule has 0 aliphatic heterocycles. The Morgan fingerprint density at radius 3 is 2.76 bits per heavy atom. The zero-order valence-electron chi connectivity index (χ0n) is 8.70. The molecule has 0 radical (unpaired) electrons. The predicted molar refractivity (Wildman–Crippen MR) is 70.9 cm³/mol. The van der Waals surface area contributed by atoms with Crippen LogP contribution in [0.2, 0.25) is 0 Å². The van der Waals surface area contributed by atoms with Crippen LogP contribution in [0.25, 0.3) is 21.3 Å². The Bertz CT molecular complexity index is 630. The molecule has 6 heteroatoms. The SMILES string of the molecule is Nc1nc(-c2cnc(-c3ccccn3)s2)cs1. The van der Waals surface area contributed by atoms with Gasteiger partial charge in [0.2, 0.25) is 0 Å². The summed E-state index contributed by atoms with van der Waals surface area (Å²) >= 11 is 3.00. The van der Waals surface area contributed by atoms with Gasteiger partial charge in [0, 0.05) is 17.8 Å². The number of nitrogens with two attached hydrogens (primary N) is 1. The van der Waals surface area contributed by atoms with Crippen LogP contribution in [0, 0.1) is 0 Å². The minimum absolute atomic E-state index is 0.577. The average Bonchev–Trinajstić information content (AvgIpc) is 2.98. The fourth-order valence-electron chi connectivity index (χ4n) is 1.40. The van der Waals surface area contributed by atoms with Crippen molar-refractivity contribution in [2.75, 3.05) is 5.73 Å². The van der Waals surface area contributed by atoms with E-state index in [9.17, 15) is 0 Å². The van der Waals surface area contributed by atoms with E-state index in [0.29, 0.717) is 5.13 Å². The highest BCUT2D eigenvalue weighted by Gasteiger charge is 2.09. The summed E-state index contributed by atoms with van der Waals surface area (Å²) in [4.78, 5) is 13.9. The molecular weight excluding hydrogens is 252 g/mol. The maximum Gasteiger partial charge on any atom is 0.180 e. The molecule has 17 heavy (non-hydrogen) atoms.